The van der Waals surface area contributed by atoms with Gasteiger partial charge in [-0.15, -0.1) is 0 Å². The fourth-order valence-electron chi connectivity index (χ4n) is 6.72. The lowest BCUT2D eigenvalue weighted by atomic mass is 9.48. The molecule has 1 N–H and O–H groups in total. The van der Waals surface area contributed by atoms with Crippen molar-refractivity contribution in [3.63, 3.8) is 0 Å². The van der Waals surface area contributed by atoms with Gasteiger partial charge in [0.1, 0.15) is 12.1 Å². The number of hydrogen-bond acceptors (Lipinski definition) is 5. The monoisotopic (exact) mass is 388 g/mol. The Kier molecular flexibility index (Phi) is 3.91. The number of hydrogen-bond donors (Lipinski definition) is 1. The zero-order chi connectivity index (χ0) is 19.7. The molecular formula is C21H28N2O5. The van der Waals surface area contributed by atoms with Crippen molar-refractivity contribution in [3.8, 4) is 0 Å². The topological polar surface area (TPSA) is 92.8 Å². The van der Waals surface area contributed by atoms with E-state index in [1.165, 1.54) is 19.3 Å². The van der Waals surface area contributed by atoms with E-state index < -0.39 is 24.1 Å². The normalized spacial score (nSPS) is 41.3. The summed E-state index contributed by atoms with van der Waals surface area (Å²) in [5.41, 5.74) is -1.22. The molecular weight excluding hydrogens is 360 g/mol. The van der Waals surface area contributed by atoms with Gasteiger partial charge in [-0.25, -0.2) is 4.79 Å². The van der Waals surface area contributed by atoms with Crippen LogP contribution in [0.1, 0.15) is 58.3 Å². The largest absolute Gasteiger partial charge is 0.456 e. The number of Topliss-reactive ketones (excluding diaryl/α,β-unsaturated/α-hetero) is 1. The van der Waals surface area contributed by atoms with Gasteiger partial charge in [0.05, 0.1) is 0 Å². The van der Waals surface area contributed by atoms with Crippen LogP contribution in [0.5, 0.6) is 0 Å². The summed E-state index contributed by atoms with van der Waals surface area (Å²) in [4.78, 5) is 50.9. The first-order valence-electron chi connectivity index (χ1n) is 10.6. The summed E-state index contributed by atoms with van der Waals surface area (Å²) >= 11 is 0. The van der Waals surface area contributed by atoms with Crippen LogP contribution < -0.4 is 5.32 Å². The van der Waals surface area contributed by atoms with Gasteiger partial charge >= 0.3 is 12.0 Å². The Morgan fingerprint density at radius 3 is 2.18 bits per heavy atom. The van der Waals surface area contributed by atoms with E-state index in [0.717, 1.165) is 37.0 Å². The van der Waals surface area contributed by atoms with Crippen LogP contribution in [-0.2, 0) is 19.1 Å². The van der Waals surface area contributed by atoms with Crippen LogP contribution in [0.3, 0.4) is 0 Å². The fraction of sp³-hybridized carbons (Fsp3) is 0.810. The van der Waals surface area contributed by atoms with Gasteiger partial charge in [0.25, 0.3) is 5.91 Å². The van der Waals surface area contributed by atoms with Crippen molar-refractivity contribution in [1.29, 1.82) is 0 Å². The Balaban J connectivity index is 1.17. The number of esters is 1. The number of carbonyl (C=O) groups excluding carboxylic acids is 4. The smallest absolute Gasteiger partial charge is 0.326 e. The number of rotatable bonds is 6. The second-order valence-corrected chi connectivity index (χ2v) is 10.1. The Bertz CT molecular complexity index is 723. The van der Waals surface area contributed by atoms with Crippen LogP contribution in [0.4, 0.5) is 4.79 Å². The predicted octanol–water partition coefficient (Wildman–Crippen LogP) is 2.04. The molecule has 6 aliphatic rings. The summed E-state index contributed by atoms with van der Waals surface area (Å²) in [6.45, 7) is 1.04. The predicted molar refractivity (Wildman–Crippen MR) is 97.9 cm³/mol. The Hall–Kier alpha value is -1.92. The highest BCUT2D eigenvalue weighted by Crippen LogP contribution is 2.60. The molecule has 1 atom stereocenters. The minimum absolute atomic E-state index is 0.0277. The number of amides is 3. The maximum absolute atomic E-state index is 12.9. The first kappa shape index (κ1) is 18.1. The van der Waals surface area contributed by atoms with Gasteiger partial charge in [-0.3, -0.25) is 19.3 Å². The van der Waals surface area contributed by atoms with E-state index in [4.69, 9.17) is 4.74 Å². The third kappa shape index (κ3) is 2.77. The number of imide groups is 1. The number of nitrogens with zero attached hydrogens (tertiary/aromatic N) is 1. The molecule has 5 saturated carbocycles. The molecule has 0 spiro atoms. The fourth-order valence-corrected chi connectivity index (χ4v) is 6.72. The van der Waals surface area contributed by atoms with E-state index in [1.807, 2.05) is 0 Å². The lowest BCUT2D eigenvalue weighted by molar-refractivity contribution is -0.158. The Morgan fingerprint density at radius 2 is 1.64 bits per heavy atom. The van der Waals surface area contributed by atoms with Crippen molar-refractivity contribution in [2.75, 3.05) is 13.2 Å². The van der Waals surface area contributed by atoms with Crippen LogP contribution in [0.15, 0.2) is 0 Å². The van der Waals surface area contributed by atoms with E-state index in [1.54, 1.807) is 6.92 Å². The summed E-state index contributed by atoms with van der Waals surface area (Å²) in [5, 5.41) is 2.71. The molecule has 4 bridgehead atoms. The van der Waals surface area contributed by atoms with Crippen LogP contribution in [-0.4, -0.2) is 47.3 Å². The highest BCUT2D eigenvalue weighted by atomic mass is 16.5. The zero-order valence-corrected chi connectivity index (χ0v) is 16.4. The standard InChI is InChI=1S/C21H28N2O5/c1-20(15-2-3-15)18(26)23(19(27)22-20)10-17(25)28-11-16(24)21-7-12-4-13(8-21)6-14(5-12)9-21/h12-15H,2-11H2,1H3,(H,22,27)/t12?,13?,14?,20-,21?/m1/s1. The average molecular weight is 388 g/mol. The second-order valence-electron chi connectivity index (χ2n) is 10.1. The molecule has 152 valence electrons. The zero-order valence-electron chi connectivity index (χ0n) is 16.4. The molecule has 0 aromatic carbocycles. The third-order valence-corrected chi connectivity index (χ3v) is 7.98. The van der Waals surface area contributed by atoms with Crippen molar-refractivity contribution in [2.24, 2.45) is 29.1 Å². The van der Waals surface area contributed by atoms with Gasteiger partial charge < -0.3 is 10.1 Å². The molecule has 0 radical (unpaired) electrons. The quantitative estimate of drug-likeness (QED) is 0.555. The lowest BCUT2D eigenvalue weighted by Gasteiger charge is -2.55. The highest BCUT2D eigenvalue weighted by Gasteiger charge is 2.57. The summed E-state index contributed by atoms with van der Waals surface area (Å²) in [5.74, 6) is 1.05. The molecule has 1 saturated heterocycles. The van der Waals surface area contributed by atoms with E-state index in [9.17, 15) is 19.2 Å². The van der Waals surface area contributed by atoms with E-state index in [0.29, 0.717) is 17.8 Å². The van der Waals surface area contributed by atoms with Gasteiger partial charge in [-0.05, 0) is 82.0 Å². The second kappa shape index (κ2) is 6.04. The SMILES string of the molecule is C[C@]1(C2CC2)NC(=O)N(CC(=O)OCC(=O)C23CC4CC(CC(C4)C2)C3)C1=O. The van der Waals surface area contributed by atoms with Crippen molar-refractivity contribution in [1.82, 2.24) is 10.2 Å². The number of ketones is 1. The molecule has 6 fully saturated rings. The van der Waals surface area contributed by atoms with Crippen molar-refractivity contribution in [3.05, 3.63) is 0 Å². The van der Waals surface area contributed by atoms with Gasteiger partial charge in [-0.1, -0.05) is 0 Å². The molecule has 1 heterocycles. The van der Waals surface area contributed by atoms with Crippen molar-refractivity contribution in [2.45, 2.75) is 63.8 Å². The summed E-state index contributed by atoms with van der Waals surface area (Å²) in [6.07, 6.45) is 8.35. The molecule has 0 aromatic rings. The number of nitrogens with one attached hydrogen (secondary N) is 1. The van der Waals surface area contributed by atoms with Crippen molar-refractivity contribution < 1.29 is 23.9 Å². The number of ether oxygens (including phenoxy) is 1. The number of urea groups is 1. The van der Waals surface area contributed by atoms with Crippen LogP contribution >= 0.6 is 0 Å². The van der Waals surface area contributed by atoms with E-state index in [-0.39, 0.29) is 29.6 Å². The molecule has 0 unspecified atom stereocenters. The van der Waals surface area contributed by atoms with Crippen molar-refractivity contribution >= 4 is 23.7 Å². The maximum atomic E-state index is 12.9. The molecule has 3 amide bonds. The molecule has 6 rings (SSSR count). The Morgan fingerprint density at radius 1 is 1.07 bits per heavy atom. The maximum Gasteiger partial charge on any atom is 0.326 e. The molecule has 5 aliphatic carbocycles. The lowest BCUT2D eigenvalue weighted by Crippen LogP contribution is -2.51. The van der Waals surface area contributed by atoms with Gasteiger partial charge in [0, 0.05) is 5.41 Å². The molecule has 7 heteroatoms. The number of carbonyl (C=O) groups is 4. The molecule has 7 nitrogen and oxygen atoms in total. The first-order chi connectivity index (χ1) is 13.3. The van der Waals surface area contributed by atoms with E-state index >= 15 is 0 Å². The van der Waals surface area contributed by atoms with E-state index in [2.05, 4.69) is 5.32 Å². The van der Waals surface area contributed by atoms with Gasteiger partial charge in [0.15, 0.2) is 12.4 Å². The Labute approximate surface area is 164 Å². The third-order valence-electron chi connectivity index (χ3n) is 7.98. The summed E-state index contributed by atoms with van der Waals surface area (Å²) in [6, 6.07) is -0.552. The average Bonchev–Trinajstić information content (AvgIpc) is 3.45. The highest BCUT2D eigenvalue weighted by molar-refractivity contribution is 6.08. The minimum Gasteiger partial charge on any atom is -0.456 e. The molecule has 28 heavy (non-hydrogen) atoms. The first-order valence-corrected chi connectivity index (χ1v) is 10.6. The minimum atomic E-state index is -0.910. The van der Waals surface area contributed by atoms with Gasteiger partial charge in [-0.2, -0.15) is 0 Å². The molecule has 1 aliphatic heterocycles. The van der Waals surface area contributed by atoms with Crippen LogP contribution in [0.2, 0.25) is 0 Å². The summed E-state index contributed by atoms with van der Waals surface area (Å²) < 4.78 is 5.23. The summed E-state index contributed by atoms with van der Waals surface area (Å²) in [7, 11) is 0. The molecule has 0 aromatic heterocycles. The van der Waals surface area contributed by atoms with Gasteiger partial charge in [0.2, 0.25) is 0 Å². The van der Waals surface area contributed by atoms with Crippen LogP contribution in [0, 0.1) is 29.1 Å². The van der Waals surface area contributed by atoms with Crippen LogP contribution in [0.25, 0.3) is 0 Å².